The molecule has 0 unspecified atom stereocenters. The van der Waals surface area contributed by atoms with Gasteiger partial charge in [0.1, 0.15) is 5.57 Å². The zero-order valence-corrected chi connectivity index (χ0v) is 19.8. The number of anilines is 1. The molecule has 0 atom stereocenters. The van der Waals surface area contributed by atoms with E-state index in [0.717, 1.165) is 36.5 Å². The van der Waals surface area contributed by atoms with Gasteiger partial charge in [-0.3, -0.25) is 14.9 Å². The number of nitrogens with zero attached hydrogens (tertiary/aromatic N) is 2. The second-order valence-corrected chi connectivity index (χ2v) is 8.90. The quantitative estimate of drug-likeness (QED) is 0.361. The van der Waals surface area contributed by atoms with Gasteiger partial charge < -0.3 is 4.57 Å². The minimum Gasteiger partial charge on any atom is -0.318 e. The first-order chi connectivity index (χ1) is 14.8. The van der Waals surface area contributed by atoms with E-state index >= 15 is 0 Å². The summed E-state index contributed by atoms with van der Waals surface area (Å²) in [4.78, 5) is 38.9. The highest BCUT2D eigenvalue weighted by Crippen LogP contribution is 2.27. The fraction of sp³-hybridized carbons (Fsp3) is 0.0870. The molecule has 8 heteroatoms. The van der Waals surface area contributed by atoms with Crippen LogP contribution in [0.3, 0.4) is 0 Å². The van der Waals surface area contributed by atoms with Crippen molar-refractivity contribution in [2.45, 2.75) is 13.8 Å². The molecule has 1 aliphatic rings. The molecule has 31 heavy (non-hydrogen) atoms. The summed E-state index contributed by atoms with van der Waals surface area (Å²) in [6.45, 7) is 3.88. The van der Waals surface area contributed by atoms with Crippen molar-refractivity contribution in [2.75, 3.05) is 4.90 Å². The van der Waals surface area contributed by atoms with Crippen molar-refractivity contribution in [3.05, 3.63) is 86.1 Å². The lowest BCUT2D eigenvalue weighted by Gasteiger charge is -2.26. The number of hydrogen-bond donors (Lipinski definition) is 1. The molecule has 1 fully saturated rings. The molecule has 6 nitrogen and oxygen atoms in total. The molecule has 2 heterocycles. The second-order valence-electron chi connectivity index (χ2n) is 7.07. The molecule has 0 aliphatic carbocycles. The molecule has 4 amide bonds. The first kappa shape index (κ1) is 21.3. The summed E-state index contributed by atoms with van der Waals surface area (Å²) in [6, 6.07) is 15.7. The van der Waals surface area contributed by atoms with Crippen LogP contribution in [0.2, 0.25) is 0 Å². The zero-order valence-electron chi connectivity index (χ0n) is 16.6. The number of hydrogen-bond acceptors (Lipinski definition) is 3. The number of carbonyl (C=O) groups is 3. The summed E-state index contributed by atoms with van der Waals surface area (Å²) in [6.07, 6.45) is 1.54. The van der Waals surface area contributed by atoms with Crippen molar-refractivity contribution in [1.82, 2.24) is 9.88 Å². The molecule has 156 valence electrons. The maximum Gasteiger partial charge on any atom is 0.335 e. The minimum absolute atomic E-state index is 0.0985. The third-order valence-electron chi connectivity index (χ3n) is 5.04. The van der Waals surface area contributed by atoms with Crippen molar-refractivity contribution >= 4 is 61.5 Å². The lowest BCUT2D eigenvalue weighted by molar-refractivity contribution is -0.122. The fourth-order valence-corrected chi connectivity index (χ4v) is 4.09. The van der Waals surface area contributed by atoms with Crippen molar-refractivity contribution in [3.63, 3.8) is 0 Å². The third-order valence-corrected chi connectivity index (χ3v) is 6.10. The topological polar surface area (TPSA) is 71.4 Å². The molecule has 2 aromatic carbocycles. The Morgan fingerprint density at radius 3 is 1.97 bits per heavy atom. The van der Waals surface area contributed by atoms with Crippen molar-refractivity contribution in [2.24, 2.45) is 0 Å². The molecule has 1 aromatic heterocycles. The highest BCUT2D eigenvalue weighted by Gasteiger charge is 2.37. The molecule has 1 N–H and O–H groups in total. The van der Waals surface area contributed by atoms with Crippen molar-refractivity contribution in [3.8, 4) is 5.69 Å². The normalized spacial score (nSPS) is 15.5. The number of rotatable bonds is 3. The van der Waals surface area contributed by atoms with Crippen LogP contribution in [0.4, 0.5) is 10.5 Å². The van der Waals surface area contributed by atoms with Crippen molar-refractivity contribution < 1.29 is 14.4 Å². The predicted molar refractivity (Wildman–Crippen MR) is 126 cm³/mol. The molecule has 0 spiro atoms. The lowest BCUT2D eigenvalue weighted by Crippen LogP contribution is -2.54. The third kappa shape index (κ3) is 4.00. The Morgan fingerprint density at radius 1 is 0.839 bits per heavy atom. The van der Waals surface area contributed by atoms with E-state index in [1.54, 1.807) is 24.3 Å². The van der Waals surface area contributed by atoms with Gasteiger partial charge >= 0.3 is 6.03 Å². The van der Waals surface area contributed by atoms with Crippen LogP contribution in [0.5, 0.6) is 0 Å². The molecule has 0 saturated carbocycles. The summed E-state index contributed by atoms with van der Waals surface area (Å²) in [7, 11) is 0. The van der Waals surface area contributed by atoms with Gasteiger partial charge in [0.2, 0.25) is 0 Å². The average molecular weight is 543 g/mol. The predicted octanol–water partition coefficient (Wildman–Crippen LogP) is 5.29. The second kappa shape index (κ2) is 8.28. The first-order valence-electron chi connectivity index (χ1n) is 9.38. The molecule has 3 aromatic rings. The van der Waals surface area contributed by atoms with E-state index in [1.807, 2.05) is 48.7 Å². The number of barbiturate groups is 1. The van der Waals surface area contributed by atoms with E-state index in [4.69, 9.17) is 0 Å². The maximum absolute atomic E-state index is 13.1. The highest BCUT2D eigenvalue weighted by atomic mass is 79.9. The molecular weight excluding hydrogens is 526 g/mol. The van der Waals surface area contributed by atoms with Gasteiger partial charge in [-0.15, -0.1) is 0 Å². The summed E-state index contributed by atoms with van der Waals surface area (Å²) in [5.41, 5.74) is 3.80. The zero-order chi connectivity index (χ0) is 22.3. The Hall–Kier alpha value is -2.97. The van der Waals surface area contributed by atoms with Crippen LogP contribution in [-0.2, 0) is 9.59 Å². The van der Waals surface area contributed by atoms with Gasteiger partial charge in [0.05, 0.1) is 5.69 Å². The summed E-state index contributed by atoms with van der Waals surface area (Å²) >= 11 is 6.77. The number of halogens is 2. The monoisotopic (exact) mass is 541 g/mol. The van der Waals surface area contributed by atoms with Crippen LogP contribution in [0.15, 0.2) is 69.1 Å². The van der Waals surface area contributed by atoms with Gasteiger partial charge in [-0.1, -0.05) is 31.9 Å². The van der Waals surface area contributed by atoms with Gasteiger partial charge in [-0.2, -0.15) is 0 Å². The van der Waals surface area contributed by atoms with Crippen LogP contribution >= 0.6 is 31.9 Å². The number of aryl methyl sites for hydroxylation is 1. The van der Waals surface area contributed by atoms with Gasteiger partial charge in [-0.25, -0.2) is 9.69 Å². The van der Waals surface area contributed by atoms with Crippen LogP contribution in [0.1, 0.15) is 17.0 Å². The number of amides is 4. The van der Waals surface area contributed by atoms with E-state index in [-0.39, 0.29) is 5.57 Å². The number of carbonyl (C=O) groups excluding carboxylic acids is 3. The van der Waals surface area contributed by atoms with E-state index < -0.39 is 17.8 Å². The first-order valence-corrected chi connectivity index (χ1v) is 11.0. The van der Waals surface area contributed by atoms with Gasteiger partial charge in [-0.05, 0) is 80.1 Å². The standard InChI is InChI=1S/C23H17Br2N3O3/c1-13-11-15(14(2)27(13)18-7-3-16(24)4-8-18)12-20-21(29)26-23(31)28(22(20)30)19-9-5-17(25)6-10-19/h3-12H,1-2H3,(H,26,29,31). The van der Waals surface area contributed by atoms with Crippen LogP contribution < -0.4 is 10.2 Å². The van der Waals surface area contributed by atoms with E-state index in [9.17, 15) is 14.4 Å². The van der Waals surface area contributed by atoms with Gasteiger partial charge in [0, 0.05) is 26.0 Å². The summed E-state index contributed by atoms with van der Waals surface area (Å²) in [5.74, 6) is -1.37. The Labute approximate surface area is 195 Å². The molecule has 4 rings (SSSR count). The number of imide groups is 2. The van der Waals surface area contributed by atoms with E-state index in [1.165, 1.54) is 6.08 Å². The average Bonchev–Trinajstić information content (AvgIpc) is 3.00. The van der Waals surface area contributed by atoms with Crippen molar-refractivity contribution in [1.29, 1.82) is 0 Å². The van der Waals surface area contributed by atoms with Crippen LogP contribution in [-0.4, -0.2) is 22.4 Å². The molecule has 0 bridgehead atoms. The largest absolute Gasteiger partial charge is 0.335 e. The number of benzene rings is 2. The summed E-state index contributed by atoms with van der Waals surface area (Å²) in [5, 5.41) is 2.26. The Bertz CT molecular complexity index is 1240. The van der Waals surface area contributed by atoms with Crippen LogP contribution in [0, 0.1) is 13.8 Å². The smallest absolute Gasteiger partial charge is 0.318 e. The Morgan fingerprint density at radius 2 is 1.39 bits per heavy atom. The number of urea groups is 1. The van der Waals surface area contributed by atoms with Gasteiger partial charge in [0.25, 0.3) is 11.8 Å². The Balaban J connectivity index is 1.75. The molecular formula is C23H17Br2N3O3. The maximum atomic E-state index is 13.1. The highest BCUT2D eigenvalue weighted by molar-refractivity contribution is 9.10. The van der Waals surface area contributed by atoms with E-state index in [0.29, 0.717) is 5.69 Å². The SMILES string of the molecule is Cc1cc(C=C2C(=O)NC(=O)N(c3ccc(Br)cc3)C2=O)c(C)n1-c1ccc(Br)cc1. The number of aromatic nitrogens is 1. The molecule has 1 saturated heterocycles. The van der Waals surface area contributed by atoms with Gasteiger partial charge in [0.15, 0.2) is 0 Å². The summed E-state index contributed by atoms with van der Waals surface area (Å²) < 4.78 is 3.83. The minimum atomic E-state index is -0.769. The fourth-order valence-electron chi connectivity index (χ4n) is 3.56. The Kier molecular flexibility index (Phi) is 5.68. The van der Waals surface area contributed by atoms with Crippen LogP contribution in [0.25, 0.3) is 11.8 Å². The number of nitrogens with one attached hydrogen (secondary N) is 1. The molecule has 0 radical (unpaired) electrons. The molecule has 1 aliphatic heterocycles. The van der Waals surface area contributed by atoms with E-state index in [2.05, 4.69) is 37.2 Å². The lowest BCUT2D eigenvalue weighted by atomic mass is 10.1.